The minimum absolute atomic E-state index is 0.0438. The van der Waals surface area contributed by atoms with Crippen LogP contribution in [0.2, 0.25) is 5.02 Å². The van der Waals surface area contributed by atoms with Crippen molar-refractivity contribution in [2.75, 3.05) is 11.9 Å². The number of nitrogens with zero attached hydrogens (tertiary/aromatic N) is 1. The fourth-order valence-electron chi connectivity index (χ4n) is 3.22. The van der Waals surface area contributed by atoms with Gasteiger partial charge in [-0.1, -0.05) is 18.0 Å². The third kappa shape index (κ3) is 3.83. The van der Waals surface area contributed by atoms with Crippen molar-refractivity contribution in [2.24, 2.45) is 5.92 Å². The van der Waals surface area contributed by atoms with Gasteiger partial charge in [0.25, 0.3) is 5.91 Å². The average Bonchev–Trinajstić information content (AvgIpc) is 3.41. The van der Waals surface area contributed by atoms with Crippen LogP contribution in [0.1, 0.15) is 53.9 Å². The van der Waals surface area contributed by atoms with Crippen LogP contribution in [0, 0.1) is 11.7 Å². The fourth-order valence-corrected chi connectivity index (χ4v) is 3.43. The van der Waals surface area contributed by atoms with Crippen LogP contribution in [-0.2, 0) is 0 Å². The van der Waals surface area contributed by atoms with E-state index in [1.54, 1.807) is 12.3 Å². The van der Waals surface area contributed by atoms with Crippen LogP contribution in [0.5, 0.6) is 0 Å². The lowest BCUT2D eigenvalue weighted by molar-refractivity contribution is 0.0937. The summed E-state index contributed by atoms with van der Waals surface area (Å²) in [5, 5.41) is 6.46. The molecule has 1 amide bonds. The number of carbonyl (C=O) groups is 1. The molecule has 2 saturated carbocycles. The molecule has 0 atom stereocenters. The second-order valence-electron chi connectivity index (χ2n) is 7.19. The molecule has 2 fully saturated rings. The van der Waals surface area contributed by atoms with Gasteiger partial charge in [0.05, 0.1) is 16.3 Å². The van der Waals surface area contributed by atoms with Gasteiger partial charge < -0.3 is 10.6 Å². The lowest BCUT2D eigenvalue weighted by Gasteiger charge is -2.25. The van der Waals surface area contributed by atoms with Gasteiger partial charge in [0.15, 0.2) is 0 Å². The van der Waals surface area contributed by atoms with Crippen LogP contribution in [0.3, 0.4) is 0 Å². The highest BCUT2D eigenvalue weighted by Gasteiger charge is 2.29. The van der Waals surface area contributed by atoms with E-state index < -0.39 is 0 Å². The summed E-state index contributed by atoms with van der Waals surface area (Å²) in [6.07, 6.45) is 7.48. The number of pyridine rings is 1. The highest BCUT2D eigenvalue weighted by atomic mass is 35.5. The second kappa shape index (κ2) is 7.23. The Hall–Kier alpha value is -2.14. The normalized spacial score (nSPS) is 16.8. The van der Waals surface area contributed by atoms with E-state index in [4.69, 9.17) is 11.6 Å². The van der Waals surface area contributed by atoms with Crippen molar-refractivity contribution in [3.05, 3.63) is 52.4 Å². The molecule has 4 rings (SSSR count). The molecule has 0 saturated heterocycles. The molecule has 4 nitrogen and oxygen atoms in total. The van der Waals surface area contributed by atoms with Gasteiger partial charge in [0, 0.05) is 12.7 Å². The Balaban J connectivity index is 1.52. The number of carbonyl (C=O) groups excluding carboxylic acids is 1. The van der Waals surface area contributed by atoms with Crippen molar-refractivity contribution in [1.82, 2.24) is 10.3 Å². The van der Waals surface area contributed by atoms with Crippen molar-refractivity contribution in [1.29, 1.82) is 0 Å². The first-order valence-electron chi connectivity index (χ1n) is 9.10. The van der Waals surface area contributed by atoms with Crippen molar-refractivity contribution in [3.8, 4) is 0 Å². The lowest BCUT2D eigenvalue weighted by atomic mass is 9.85. The molecule has 0 unspecified atom stereocenters. The van der Waals surface area contributed by atoms with Crippen LogP contribution in [0.15, 0.2) is 30.5 Å². The number of halogens is 2. The fraction of sp³-hybridized carbons (Fsp3) is 0.400. The molecular weight excluding hydrogens is 353 g/mol. The molecule has 1 aromatic heterocycles. The topological polar surface area (TPSA) is 54.0 Å². The molecule has 1 heterocycles. The first kappa shape index (κ1) is 17.3. The Labute approximate surface area is 157 Å². The summed E-state index contributed by atoms with van der Waals surface area (Å²) in [4.78, 5) is 16.9. The Morgan fingerprint density at radius 3 is 2.69 bits per heavy atom. The number of nitrogens with one attached hydrogen (secondary N) is 2. The van der Waals surface area contributed by atoms with Crippen LogP contribution in [0.25, 0.3) is 0 Å². The van der Waals surface area contributed by atoms with Gasteiger partial charge >= 0.3 is 0 Å². The zero-order valence-corrected chi connectivity index (χ0v) is 15.2. The summed E-state index contributed by atoms with van der Waals surface area (Å²) < 4.78 is 13.2. The smallest absolute Gasteiger partial charge is 0.253 e. The number of aromatic nitrogens is 1. The summed E-state index contributed by atoms with van der Waals surface area (Å²) in [5.74, 6) is 1.21. The third-order valence-corrected chi connectivity index (χ3v) is 5.48. The van der Waals surface area contributed by atoms with Crippen molar-refractivity contribution < 1.29 is 9.18 Å². The van der Waals surface area contributed by atoms with Gasteiger partial charge in [0.1, 0.15) is 11.6 Å². The SMILES string of the molecule is O=C(NCC1CCC1)c1cnc(Nc2ccc(F)cc2Cl)cc1C1CC1. The Kier molecular flexibility index (Phi) is 4.81. The minimum Gasteiger partial charge on any atom is -0.352 e. The monoisotopic (exact) mass is 373 g/mol. The maximum absolute atomic E-state index is 13.2. The predicted molar refractivity (Wildman–Crippen MR) is 101 cm³/mol. The van der Waals surface area contributed by atoms with E-state index in [1.807, 2.05) is 6.07 Å². The third-order valence-electron chi connectivity index (χ3n) is 5.17. The number of benzene rings is 1. The maximum Gasteiger partial charge on any atom is 0.253 e. The summed E-state index contributed by atoms with van der Waals surface area (Å²) in [7, 11) is 0. The molecule has 2 aliphatic carbocycles. The largest absolute Gasteiger partial charge is 0.352 e. The van der Waals surface area contributed by atoms with Gasteiger partial charge in [-0.25, -0.2) is 9.37 Å². The molecular formula is C20H21ClFN3O. The predicted octanol–water partition coefficient (Wildman–Crippen LogP) is 5.03. The first-order chi connectivity index (χ1) is 12.6. The van der Waals surface area contributed by atoms with Gasteiger partial charge in [0.2, 0.25) is 0 Å². The molecule has 26 heavy (non-hydrogen) atoms. The summed E-state index contributed by atoms with van der Waals surface area (Å²) >= 11 is 6.07. The highest BCUT2D eigenvalue weighted by molar-refractivity contribution is 6.33. The van der Waals surface area contributed by atoms with Crippen LogP contribution in [-0.4, -0.2) is 17.4 Å². The van der Waals surface area contributed by atoms with E-state index in [0.29, 0.717) is 33.9 Å². The van der Waals surface area contributed by atoms with E-state index in [0.717, 1.165) is 24.9 Å². The molecule has 136 valence electrons. The summed E-state index contributed by atoms with van der Waals surface area (Å²) in [6, 6.07) is 6.09. The zero-order valence-electron chi connectivity index (χ0n) is 14.4. The average molecular weight is 374 g/mol. The van der Waals surface area contributed by atoms with E-state index in [1.165, 1.54) is 31.4 Å². The van der Waals surface area contributed by atoms with Gasteiger partial charge in [-0.05, 0) is 67.3 Å². The molecule has 0 spiro atoms. The van der Waals surface area contributed by atoms with E-state index in [9.17, 15) is 9.18 Å². The lowest BCUT2D eigenvalue weighted by Crippen LogP contribution is -2.32. The zero-order chi connectivity index (χ0) is 18.1. The van der Waals surface area contributed by atoms with E-state index in [2.05, 4.69) is 15.6 Å². The molecule has 0 radical (unpaired) electrons. The molecule has 1 aromatic carbocycles. The van der Waals surface area contributed by atoms with E-state index in [-0.39, 0.29) is 11.7 Å². The number of rotatable bonds is 6. The number of anilines is 2. The van der Waals surface area contributed by atoms with Crippen molar-refractivity contribution >= 4 is 29.0 Å². The summed E-state index contributed by atoms with van der Waals surface area (Å²) in [5.41, 5.74) is 2.26. The van der Waals surface area contributed by atoms with Crippen LogP contribution < -0.4 is 10.6 Å². The quantitative estimate of drug-likeness (QED) is 0.747. The van der Waals surface area contributed by atoms with Crippen LogP contribution >= 0.6 is 11.6 Å². The molecule has 6 heteroatoms. The highest BCUT2D eigenvalue weighted by Crippen LogP contribution is 2.42. The molecule has 2 N–H and O–H groups in total. The van der Waals surface area contributed by atoms with Gasteiger partial charge in [-0.15, -0.1) is 0 Å². The summed E-state index contributed by atoms with van der Waals surface area (Å²) in [6.45, 7) is 0.744. The first-order valence-corrected chi connectivity index (χ1v) is 9.48. The number of hydrogen-bond donors (Lipinski definition) is 2. The van der Waals surface area contributed by atoms with Gasteiger partial charge in [-0.2, -0.15) is 0 Å². The van der Waals surface area contributed by atoms with Crippen molar-refractivity contribution in [3.63, 3.8) is 0 Å². The van der Waals surface area contributed by atoms with Gasteiger partial charge in [-0.3, -0.25) is 4.79 Å². The van der Waals surface area contributed by atoms with Crippen LogP contribution in [0.4, 0.5) is 15.9 Å². The molecule has 0 aliphatic heterocycles. The second-order valence-corrected chi connectivity index (χ2v) is 7.59. The Morgan fingerprint density at radius 1 is 1.23 bits per heavy atom. The molecule has 2 aromatic rings. The maximum atomic E-state index is 13.2. The Bertz CT molecular complexity index is 834. The minimum atomic E-state index is -0.384. The molecule has 0 bridgehead atoms. The Morgan fingerprint density at radius 2 is 2.04 bits per heavy atom. The number of hydrogen-bond acceptors (Lipinski definition) is 3. The van der Waals surface area contributed by atoms with E-state index >= 15 is 0 Å². The standard InChI is InChI=1S/C20H21ClFN3O/c21-17-8-14(22)6-7-18(17)25-19-9-15(13-4-5-13)16(11-23-19)20(26)24-10-12-2-1-3-12/h6-9,11-13H,1-5,10H2,(H,23,25)(H,24,26). The molecule has 2 aliphatic rings. The number of amides is 1. The van der Waals surface area contributed by atoms with Crippen molar-refractivity contribution in [2.45, 2.75) is 38.0 Å².